The van der Waals surface area contributed by atoms with Gasteiger partial charge >= 0.3 is 0 Å². The second kappa shape index (κ2) is 9.73. The van der Waals surface area contributed by atoms with Crippen LogP contribution < -0.4 is 10.2 Å². The molecule has 0 bridgehead atoms. The van der Waals surface area contributed by atoms with Gasteiger partial charge in [0.2, 0.25) is 0 Å². The maximum Gasteiger partial charge on any atom is 0.198 e. The minimum absolute atomic E-state index is 0. The summed E-state index contributed by atoms with van der Waals surface area (Å²) in [5.41, 5.74) is 2.71. The Bertz CT molecular complexity index is 570. The number of hydrogen-bond donors (Lipinski definition) is 1. The van der Waals surface area contributed by atoms with E-state index in [-0.39, 0.29) is 24.0 Å². The van der Waals surface area contributed by atoms with Gasteiger partial charge in [-0.15, -0.1) is 24.0 Å². The molecule has 0 spiro atoms. The number of anilines is 1. The fourth-order valence-electron chi connectivity index (χ4n) is 3.82. The first kappa shape index (κ1) is 20.5. The van der Waals surface area contributed by atoms with E-state index in [1.807, 2.05) is 7.05 Å². The molecule has 0 saturated carbocycles. The average Bonchev–Trinajstić information content (AvgIpc) is 2.98. The number of fused-ring (bicyclic) bond motifs is 1. The molecular formula is C19H31IN4O. The highest BCUT2D eigenvalue weighted by Gasteiger charge is 2.23. The van der Waals surface area contributed by atoms with E-state index in [1.165, 1.54) is 11.3 Å². The Kier molecular flexibility index (Phi) is 7.96. The minimum Gasteiger partial charge on any atom is -0.373 e. The third-order valence-corrected chi connectivity index (χ3v) is 4.78. The van der Waals surface area contributed by atoms with Gasteiger partial charge in [-0.05, 0) is 38.3 Å². The fourth-order valence-corrected chi connectivity index (χ4v) is 3.82. The topological polar surface area (TPSA) is 40.1 Å². The number of para-hydroxylation sites is 1. The van der Waals surface area contributed by atoms with Gasteiger partial charge < -0.3 is 15.0 Å². The fraction of sp³-hybridized carbons (Fsp3) is 0.632. The molecule has 0 aliphatic carbocycles. The summed E-state index contributed by atoms with van der Waals surface area (Å²) in [7, 11) is 1.87. The van der Waals surface area contributed by atoms with Crippen molar-refractivity contribution in [2.75, 3.05) is 44.7 Å². The number of aliphatic imine (C=N–C) groups is 1. The van der Waals surface area contributed by atoms with E-state index in [2.05, 4.69) is 58.2 Å². The number of nitrogens with one attached hydrogen (secondary N) is 1. The van der Waals surface area contributed by atoms with Gasteiger partial charge in [-0.2, -0.15) is 0 Å². The van der Waals surface area contributed by atoms with Crippen molar-refractivity contribution in [3.63, 3.8) is 0 Å². The molecule has 1 aromatic carbocycles. The van der Waals surface area contributed by atoms with E-state index >= 15 is 0 Å². The maximum absolute atomic E-state index is 5.80. The average molecular weight is 458 g/mol. The highest BCUT2D eigenvalue weighted by Crippen LogP contribution is 2.27. The third kappa shape index (κ3) is 5.31. The molecule has 25 heavy (non-hydrogen) atoms. The monoisotopic (exact) mass is 458 g/mol. The molecule has 2 aliphatic rings. The lowest BCUT2D eigenvalue weighted by Crippen LogP contribution is -2.46. The number of guanidine groups is 1. The van der Waals surface area contributed by atoms with Crippen LogP contribution in [-0.4, -0.2) is 62.8 Å². The number of nitrogens with zero attached hydrogens (tertiary/aromatic N) is 3. The van der Waals surface area contributed by atoms with Crippen molar-refractivity contribution in [1.82, 2.24) is 10.2 Å². The standard InChI is InChI=1S/C19H30N4O.HI/c1-15-13-22(14-16(2)24-15)11-6-10-21-19(20-3)23-12-9-17-7-4-5-8-18(17)23;/h4-5,7-8,15-16H,6,9-14H2,1-3H3,(H,20,21);1H. The minimum atomic E-state index is 0. The van der Waals surface area contributed by atoms with E-state index < -0.39 is 0 Å². The van der Waals surface area contributed by atoms with Gasteiger partial charge in [-0.1, -0.05) is 18.2 Å². The van der Waals surface area contributed by atoms with E-state index in [9.17, 15) is 0 Å². The van der Waals surface area contributed by atoms with Gasteiger partial charge in [0.15, 0.2) is 5.96 Å². The highest BCUT2D eigenvalue weighted by atomic mass is 127. The molecular weight excluding hydrogens is 427 g/mol. The molecule has 2 heterocycles. The lowest BCUT2D eigenvalue weighted by Gasteiger charge is -2.35. The smallest absolute Gasteiger partial charge is 0.198 e. The molecule has 1 fully saturated rings. The number of hydrogen-bond acceptors (Lipinski definition) is 3. The van der Waals surface area contributed by atoms with E-state index in [1.54, 1.807) is 0 Å². The van der Waals surface area contributed by atoms with Crippen LogP contribution in [0.5, 0.6) is 0 Å². The van der Waals surface area contributed by atoms with Gasteiger partial charge in [0.1, 0.15) is 0 Å². The van der Waals surface area contributed by atoms with Crippen LogP contribution in [0.2, 0.25) is 0 Å². The van der Waals surface area contributed by atoms with Crippen LogP contribution in [0.1, 0.15) is 25.8 Å². The Morgan fingerprint density at radius 1 is 1.24 bits per heavy atom. The molecule has 5 nitrogen and oxygen atoms in total. The third-order valence-electron chi connectivity index (χ3n) is 4.78. The largest absolute Gasteiger partial charge is 0.373 e. The van der Waals surface area contributed by atoms with Crippen molar-refractivity contribution in [1.29, 1.82) is 0 Å². The number of rotatable bonds is 4. The molecule has 1 N–H and O–H groups in total. The van der Waals surface area contributed by atoms with Crippen molar-refractivity contribution in [3.8, 4) is 0 Å². The molecule has 3 rings (SSSR count). The van der Waals surface area contributed by atoms with Gasteiger partial charge in [-0.3, -0.25) is 9.89 Å². The van der Waals surface area contributed by atoms with Gasteiger partial charge in [0.05, 0.1) is 12.2 Å². The predicted octanol–water partition coefficient (Wildman–Crippen LogP) is 2.74. The van der Waals surface area contributed by atoms with Gasteiger partial charge in [0.25, 0.3) is 0 Å². The van der Waals surface area contributed by atoms with Crippen LogP contribution in [0, 0.1) is 0 Å². The van der Waals surface area contributed by atoms with Crippen LogP contribution in [0.3, 0.4) is 0 Å². The quantitative estimate of drug-likeness (QED) is 0.326. The van der Waals surface area contributed by atoms with Crippen LogP contribution in [0.15, 0.2) is 29.3 Å². The molecule has 0 amide bonds. The Balaban J connectivity index is 0.00000225. The van der Waals surface area contributed by atoms with Crippen molar-refractivity contribution in [2.24, 2.45) is 4.99 Å². The van der Waals surface area contributed by atoms with Crippen molar-refractivity contribution in [3.05, 3.63) is 29.8 Å². The molecule has 2 atom stereocenters. The summed E-state index contributed by atoms with van der Waals surface area (Å²) in [6.45, 7) is 9.47. The lowest BCUT2D eigenvalue weighted by atomic mass is 10.2. The number of benzene rings is 1. The molecule has 1 aromatic rings. The summed E-state index contributed by atoms with van der Waals surface area (Å²) in [6, 6.07) is 8.61. The molecule has 2 aliphatic heterocycles. The molecule has 1 saturated heterocycles. The van der Waals surface area contributed by atoms with Crippen LogP contribution in [0.25, 0.3) is 0 Å². The zero-order chi connectivity index (χ0) is 16.9. The van der Waals surface area contributed by atoms with Gasteiger partial charge in [0, 0.05) is 45.5 Å². The first-order chi connectivity index (χ1) is 11.7. The Hall–Kier alpha value is -0.860. The first-order valence-corrected chi connectivity index (χ1v) is 9.11. The van der Waals surface area contributed by atoms with Crippen LogP contribution >= 0.6 is 24.0 Å². The summed E-state index contributed by atoms with van der Waals surface area (Å²) < 4.78 is 5.80. The molecule has 0 radical (unpaired) electrons. The van der Waals surface area contributed by atoms with E-state index in [4.69, 9.17) is 4.74 Å². The lowest BCUT2D eigenvalue weighted by molar-refractivity contribution is -0.0679. The summed E-state index contributed by atoms with van der Waals surface area (Å²) in [6.07, 6.45) is 2.90. The number of ether oxygens (including phenoxy) is 1. The Morgan fingerprint density at radius 3 is 2.68 bits per heavy atom. The SMILES string of the molecule is CN=C(NCCCN1CC(C)OC(C)C1)N1CCc2ccccc21.I. The van der Waals surface area contributed by atoms with Crippen molar-refractivity contribution < 1.29 is 4.74 Å². The molecule has 140 valence electrons. The first-order valence-electron chi connectivity index (χ1n) is 9.11. The molecule has 2 unspecified atom stereocenters. The summed E-state index contributed by atoms with van der Waals surface area (Å²) in [4.78, 5) is 9.28. The number of morpholine rings is 1. The Labute approximate surface area is 168 Å². The summed E-state index contributed by atoms with van der Waals surface area (Å²) in [5, 5.41) is 3.53. The molecule has 0 aromatic heterocycles. The zero-order valence-corrected chi connectivity index (χ0v) is 17.9. The normalized spacial score (nSPS) is 24.0. The second-order valence-electron chi connectivity index (χ2n) is 6.87. The highest BCUT2D eigenvalue weighted by molar-refractivity contribution is 14.0. The van der Waals surface area contributed by atoms with Crippen molar-refractivity contribution >= 4 is 35.6 Å². The summed E-state index contributed by atoms with van der Waals surface area (Å²) >= 11 is 0. The zero-order valence-electron chi connectivity index (χ0n) is 15.6. The van der Waals surface area contributed by atoms with E-state index in [0.717, 1.165) is 51.5 Å². The Morgan fingerprint density at radius 2 is 1.96 bits per heavy atom. The predicted molar refractivity (Wildman–Crippen MR) is 115 cm³/mol. The van der Waals surface area contributed by atoms with E-state index in [0.29, 0.717) is 12.2 Å². The van der Waals surface area contributed by atoms with Crippen LogP contribution in [-0.2, 0) is 11.2 Å². The van der Waals surface area contributed by atoms with Gasteiger partial charge in [-0.25, -0.2) is 0 Å². The summed E-state index contributed by atoms with van der Waals surface area (Å²) in [5.74, 6) is 0.990. The molecule has 6 heteroatoms. The maximum atomic E-state index is 5.80. The van der Waals surface area contributed by atoms with Crippen LogP contribution in [0.4, 0.5) is 5.69 Å². The second-order valence-corrected chi connectivity index (χ2v) is 6.87. The van der Waals surface area contributed by atoms with Crippen molar-refractivity contribution in [2.45, 2.75) is 38.9 Å². The number of halogens is 1.